The Bertz CT molecular complexity index is 536. The smallest absolute Gasteiger partial charge is 0.241 e. The van der Waals surface area contributed by atoms with Gasteiger partial charge in [0.2, 0.25) is 11.8 Å². The summed E-state index contributed by atoms with van der Waals surface area (Å²) in [7, 11) is 1.91. The number of benzene rings is 1. The summed E-state index contributed by atoms with van der Waals surface area (Å²) in [6.07, 6.45) is 7.34. The fourth-order valence-electron chi connectivity index (χ4n) is 3.10. The van der Waals surface area contributed by atoms with Gasteiger partial charge in [-0.1, -0.05) is 26.2 Å². The molecular weight excluding hydrogens is 302 g/mol. The van der Waals surface area contributed by atoms with Gasteiger partial charge in [0.1, 0.15) is 0 Å². The Kier molecular flexibility index (Phi) is 7.09. The van der Waals surface area contributed by atoms with Crippen LogP contribution in [0.5, 0.6) is 0 Å². The Hall–Kier alpha value is -2.04. The van der Waals surface area contributed by atoms with E-state index < -0.39 is 0 Å². The van der Waals surface area contributed by atoms with Crippen LogP contribution in [0, 0.1) is 0 Å². The summed E-state index contributed by atoms with van der Waals surface area (Å²) in [5.74, 6) is 0.157. The third kappa shape index (κ3) is 5.55. The van der Waals surface area contributed by atoms with Crippen LogP contribution < -0.4 is 10.6 Å². The Morgan fingerprint density at radius 2 is 1.71 bits per heavy atom. The van der Waals surface area contributed by atoms with E-state index in [9.17, 15) is 9.59 Å². The van der Waals surface area contributed by atoms with Gasteiger partial charge < -0.3 is 15.5 Å². The molecule has 2 rings (SSSR count). The Morgan fingerprint density at radius 3 is 2.33 bits per heavy atom. The summed E-state index contributed by atoms with van der Waals surface area (Å²) in [6.45, 7) is 2.28. The molecule has 24 heavy (non-hydrogen) atoms. The zero-order chi connectivity index (χ0) is 17.4. The number of carbonyl (C=O) groups is 2. The van der Waals surface area contributed by atoms with E-state index in [2.05, 4.69) is 10.6 Å². The van der Waals surface area contributed by atoms with Gasteiger partial charge in [-0.2, -0.15) is 0 Å². The molecule has 0 bridgehead atoms. The van der Waals surface area contributed by atoms with E-state index in [1.165, 1.54) is 19.3 Å². The first-order chi connectivity index (χ1) is 11.6. The van der Waals surface area contributed by atoms with Crippen LogP contribution >= 0.6 is 0 Å². The minimum atomic E-state index is 0.0301. The molecule has 5 heteroatoms. The second kappa shape index (κ2) is 9.30. The summed E-state index contributed by atoms with van der Waals surface area (Å²) in [4.78, 5) is 25.8. The van der Waals surface area contributed by atoms with E-state index >= 15 is 0 Å². The Morgan fingerprint density at radius 1 is 1.08 bits per heavy atom. The van der Waals surface area contributed by atoms with Gasteiger partial charge in [-0.3, -0.25) is 9.59 Å². The maximum atomic E-state index is 12.3. The van der Waals surface area contributed by atoms with Crippen molar-refractivity contribution in [3.63, 3.8) is 0 Å². The molecule has 1 aromatic carbocycles. The van der Waals surface area contributed by atoms with Gasteiger partial charge in [-0.05, 0) is 43.5 Å². The molecule has 0 radical (unpaired) electrons. The van der Waals surface area contributed by atoms with Crippen molar-refractivity contribution in [1.82, 2.24) is 4.90 Å². The highest BCUT2D eigenvalue weighted by Crippen LogP contribution is 2.21. The molecule has 0 unspecified atom stereocenters. The molecule has 1 fully saturated rings. The molecule has 2 N–H and O–H groups in total. The summed E-state index contributed by atoms with van der Waals surface area (Å²) >= 11 is 0. The van der Waals surface area contributed by atoms with Crippen molar-refractivity contribution < 1.29 is 9.59 Å². The summed E-state index contributed by atoms with van der Waals surface area (Å²) in [5, 5.41) is 6.02. The van der Waals surface area contributed by atoms with Crippen LogP contribution in [-0.4, -0.2) is 36.3 Å². The van der Waals surface area contributed by atoms with E-state index in [-0.39, 0.29) is 11.8 Å². The molecule has 132 valence electrons. The number of likely N-dealkylation sites (N-methyl/N-ethyl adjacent to an activating group) is 1. The van der Waals surface area contributed by atoms with Crippen molar-refractivity contribution in [2.75, 3.05) is 24.2 Å². The topological polar surface area (TPSA) is 61.4 Å². The van der Waals surface area contributed by atoms with Crippen LogP contribution in [-0.2, 0) is 9.59 Å². The average molecular weight is 331 g/mol. The minimum Gasteiger partial charge on any atom is -0.376 e. The third-order valence-electron chi connectivity index (χ3n) is 4.61. The molecule has 1 aliphatic carbocycles. The predicted octanol–water partition coefficient (Wildman–Crippen LogP) is 3.63. The second-order valence-electron chi connectivity index (χ2n) is 6.53. The number of hydrogen-bond donors (Lipinski definition) is 2. The van der Waals surface area contributed by atoms with Gasteiger partial charge in [-0.15, -0.1) is 0 Å². The van der Waals surface area contributed by atoms with Crippen LogP contribution in [0.15, 0.2) is 24.3 Å². The van der Waals surface area contributed by atoms with Gasteiger partial charge in [0.15, 0.2) is 0 Å². The lowest BCUT2D eigenvalue weighted by atomic mass is 9.94. The molecule has 0 saturated heterocycles. The largest absolute Gasteiger partial charge is 0.376 e. The monoisotopic (exact) mass is 331 g/mol. The van der Waals surface area contributed by atoms with Crippen LogP contribution in [0.4, 0.5) is 11.4 Å². The second-order valence-corrected chi connectivity index (χ2v) is 6.53. The van der Waals surface area contributed by atoms with Crippen molar-refractivity contribution >= 4 is 23.2 Å². The van der Waals surface area contributed by atoms with E-state index in [1.807, 2.05) is 43.1 Å². The molecule has 2 amide bonds. The quantitative estimate of drug-likeness (QED) is 0.802. The summed E-state index contributed by atoms with van der Waals surface area (Å²) in [5.41, 5.74) is 1.67. The van der Waals surface area contributed by atoms with Crippen LogP contribution in [0.2, 0.25) is 0 Å². The zero-order valence-electron chi connectivity index (χ0n) is 14.8. The van der Waals surface area contributed by atoms with Gasteiger partial charge in [0, 0.05) is 30.9 Å². The third-order valence-corrected chi connectivity index (χ3v) is 4.61. The van der Waals surface area contributed by atoms with Gasteiger partial charge >= 0.3 is 0 Å². The molecule has 0 heterocycles. The molecule has 1 aliphatic rings. The Labute approximate surface area is 144 Å². The molecule has 0 spiro atoms. The fraction of sp³-hybridized carbons (Fsp3) is 0.579. The van der Waals surface area contributed by atoms with Crippen LogP contribution in [0.3, 0.4) is 0 Å². The molecular formula is C19H29N3O2. The van der Waals surface area contributed by atoms with E-state index in [0.29, 0.717) is 19.0 Å². The van der Waals surface area contributed by atoms with Crippen molar-refractivity contribution in [2.45, 2.75) is 57.9 Å². The zero-order valence-corrected chi connectivity index (χ0v) is 14.8. The van der Waals surface area contributed by atoms with Gasteiger partial charge in [-0.25, -0.2) is 0 Å². The molecule has 0 aliphatic heterocycles. The number of hydrogen-bond acceptors (Lipinski definition) is 3. The number of nitrogens with zero attached hydrogens (tertiary/aromatic N) is 1. The van der Waals surface area contributed by atoms with Crippen LogP contribution in [0.25, 0.3) is 0 Å². The molecule has 1 aromatic rings. The van der Waals surface area contributed by atoms with E-state index in [4.69, 9.17) is 0 Å². The average Bonchev–Trinajstić information content (AvgIpc) is 2.61. The normalized spacial score (nSPS) is 14.9. The van der Waals surface area contributed by atoms with Gasteiger partial charge in [0.05, 0.1) is 6.54 Å². The summed E-state index contributed by atoms with van der Waals surface area (Å²) in [6, 6.07) is 7.87. The van der Waals surface area contributed by atoms with Crippen molar-refractivity contribution in [2.24, 2.45) is 0 Å². The maximum Gasteiger partial charge on any atom is 0.241 e. The van der Waals surface area contributed by atoms with E-state index in [1.54, 1.807) is 0 Å². The lowest BCUT2D eigenvalue weighted by molar-refractivity contribution is -0.130. The lowest BCUT2D eigenvalue weighted by Crippen LogP contribution is -2.41. The maximum absolute atomic E-state index is 12.3. The molecule has 1 saturated carbocycles. The number of carbonyl (C=O) groups excluding carboxylic acids is 2. The predicted molar refractivity (Wildman–Crippen MR) is 98.1 cm³/mol. The van der Waals surface area contributed by atoms with Gasteiger partial charge in [0.25, 0.3) is 0 Å². The van der Waals surface area contributed by atoms with Crippen LogP contribution in [0.1, 0.15) is 51.9 Å². The lowest BCUT2D eigenvalue weighted by Gasteiger charge is -2.31. The highest BCUT2D eigenvalue weighted by Gasteiger charge is 2.21. The first kappa shape index (κ1) is 18.3. The van der Waals surface area contributed by atoms with E-state index in [0.717, 1.165) is 30.6 Å². The number of nitrogens with one attached hydrogen (secondary N) is 2. The Balaban J connectivity index is 1.78. The SMILES string of the molecule is CCCC(=O)Nc1ccc(NCC(=O)N(C)C2CCCCC2)cc1. The minimum absolute atomic E-state index is 0.0301. The number of rotatable bonds is 7. The first-order valence-corrected chi connectivity index (χ1v) is 8.99. The standard InChI is InChI=1S/C19H29N3O2/c1-3-7-18(23)21-16-12-10-15(11-13-16)20-14-19(24)22(2)17-8-5-4-6-9-17/h10-13,17,20H,3-9,14H2,1-2H3,(H,21,23). The molecule has 5 nitrogen and oxygen atoms in total. The number of anilines is 2. The fourth-order valence-corrected chi connectivity index (χ4v) is 3.10. The molecule has 0 aromatic heterocycles. The first-order valence-electron chi connectivity index (χ1n) is 8.99. The highest BCUT2D eigenvalue weighted by molar-refractivity contribution is 5.90. The number of amides is 2. The highest BCUT2D eigenvalue weighted by atomic mass is 16.2. The van der Waals surface area contributed by atoms with Crippen molar-refractivity contribution in [1.29, 1.82) is 0 Å². The van der Waals surface area contributed by atoms with Crippen molar-refractivity contribution in [3.8, 4) is 0 Å². The summed E-state index contributed by atoms with van der Waals surface area (Å²) < 4.78 is 0. The molecule has 0 atom stereocenters. The van der Waals surface area contributed by atoms with Crippen molar-refractivity contribution in [3.05, 3.63) is 24.3 Å².